The maximum Gasteiger partial charge on any atom is 0.231 e. The standard InChI is InChI=1S/C11H10O3/c1-2-8(6-12)9-3-4-10-11(5-9)14-7-13-10/h2-6H,7H2,1H3/b8-2-. The quantitative estimate of drug-likeness (QED) is 0.528. The van der Waals surface area contributed by atoms with Crippen molar-refractivity contribution in [1.82, 2.24) is 0 Å². The molecule has 1 heterocycles. The highest BCUT2D eigenvalue weighted by Gasteiger charge is 2.13. The molecule has 0 spiro atoms. The molecule has 0 fully saturated rings. The minimum Gasteiger partial charge on any atom is -0.454 e. The largest absolute Gasteiger partial charge is 0.454 e. The molecule has 0 atom stereocenters. The average molecular weight is 190 g/mol. The Morgan fingerprint density at radius 2 is 2.14 bits per heavy atom. The maximum atomic E-state index is 10.7. The van der Waals surface area contributed by atoms with Gasteiger partial charge in [-0.2, -0.15) is 0 Å². The van der Waals surface area contributed by atoms with Crippen molar-refractivity contribution in [1.29, 1.82) is 0 Å². The smallest absolute Gasteiger partial charge is 0.231 e. The minimum absolute atomic E-state index is 0.255. The van der Waals surface area contributed by atoms with Gasteiger partial charge >= 0.3 is 0 Å². The average Bonchev–Trinajstić information content (AvgIpc) is 2.66. The van der Waals surface area contributed by atoms with Gasteiger partial charge in [-0.15, -0.1) is 0 Å². The topological polar surface area (TPSA) is 35.5 Å². The van der Waals surface area contributed by atoms with E-state index in [2.05, 4.69) is 0 Å². The second kappa shape index (κ2) is 3.54. The zero-order chi connectivity index (χ0) is 9.97. The molecule has 0 N–H and O–H groups in total. The van der Waals surface area contributed by atoms with Crippen LogP contribution in [0.25, 0.3) is 5.57 Å². The van der Waals surface area contributed by atoms with Gasteiger partial charge in [0.15, 0.2) is 11.5 Å². The van der Waals surface area contributed by atoms with Gasteiger partial charge in [0, 0.05) is 5.57 Å². The second-order valence-corrected chi connectivity index (χ2v) is 2.93. The first-order valence-corrected chi connectivity index (χ1v) is 4.36. The van der Waals surface area contributed by atoms with E-state index < -0.39 is 0 Å². The Balaban J connectivity index is 2.42. The highest BCUT2D eigenvalue weighted by molar-refractivity contribution is 6.06. The molecule has 1 aromatic carbocycles. The number of benzene rings is 1. The lowest BCUT2D eigenvalue weighted by Crippen LogP contribution is -1.92. The molecular weight excluding hydrogens is 180 g/mol. The summed E-state index contributed by atoms with van der Waals surface area (Å²) in [5, 5.41) is 0. The number of ether oxygens (including phenoxy) is 2. The van der Waals surface area contributed by atoms with Gasteiger partial charge in [-0.1, -0.05) is 12.1 Å². The van der Waals surface area contributed by atoms with Crippen molar-refractivity contribution in [2.75, 3.05) is 6.79 Å². The Morgan fingerprint density at radius 1 is 1.36 bits per heavy atom. The number of carbonyl (C=O) groups excluding carboxylic acids is 1. The lowest BCUT2D eigenvalue weighted by Gasteiger charge is -2.01. The first kappa shape index (κ1) is 8.81. The molecule has 0 amide bonds. The number of aldehydes is 1. The molecule has 2 rings (SSSR count). The molecule has 0 aliphatic carbocycles. The SMILES string of the molecule is C/C=C(/C=O)c1ccc2c(c1)OCO2. The predicted molar refractivity (Wildman–Crippen MR) is 52.3 cm³/mol. The fourth-order valence-corrected chi connectivity index (χ4v) is 1.38. The predicted octanol–water partition coefficient (Wildman–Crippen LogP) is 2.02. The van der Waals surface area contributed by atoms with E-state index in [1.54, 1.807) is 6.08 Å². The van der Waals surface area contributed by atoms with Crippen molar-refractivity contribution in [3.63, 3.8) is 0 Å². The molecule has 14 heavy (non-hydrogen) atoms. The minimum atomic E-state index is 0.255. The van der Waals surface area contributed by atoms with Crippen LogP contribution < -0.4 is 9.47 Å². The van der Waals surface area contributed by atoms with Gasteiger partial charge in [0.05, 0.1) is 0 Å². The maximum absolute atomic E-state index is 10.7. The highest BCUT2D eigenvalue weighted by Crippen LogP contribution is 2.33. The Hall–Kier alpha value is -1.77. The van der Waals surface area contributed by atoms with Crippen molar-refractivity contribution in [3.05, 3.63) is 29.8 Å². The lowest BCUT2D eigenvalue weighted by atomic mass is 10.1. The first-order chi connectivity index (χ1) is 6.85. The molecule has 0 radical (unpaired) electrons. The van der Waals surface area contributed by atoms with Crippen molar-refractivity contribution in [3.8, 4) is 11.5 Å². The van der Waals surface area contributed by atoms with Gasteiger partial charge in [-0.3, -0.25) is 4.79 Å². The van der Waals surface area contributed by atoms with Crippen LogP contribution in [0.4, 0.5) is 0 Å². The van der Waals surface area contributed by atoms with Gasteiger partial charge < -0.3 is 9.47 Å². The van der Waals surface area contributed by atoms with E-state index in [1.165, 1.54) is 0 Å². The van der Waals surface area contributed by atoms with E-state index >= 15 is 0 Å². The normalized spacial score (nSPS) is 14.2. The molecule has 1 aliphatic heterocycles. The van der Waals surface area contributed by atoms with Gasteiger partial charge in [0.25, 0.3) is 0 Å². The van der Waals surface area contributed by atoms with E-state index in [4.69, 9.17) is 9.47 Å². The van der Waals surface area contributed by atoms with Crippen molar-refractivity contribution in [2.45, 2.75) is 6.92 Å². The van der Waals surface area contributed by atoms with E-state index in [-0.39, 0.29) is 6.79 Å². The summed E-state index contributed by atoms with van der Waals surface area (Å²) in [7, 11) is 0. The van der Waals surface area contributed by atoms with Crippen molar-refractivity contribution in [2.24, 2.45) is 0 Å². The van der Waals surface area contributed by atoms with Crippen molar-refractivity contribution < 1.29 is 14.3 Å². The van der Waals surface area contributed by atoms with Crippen molar-refractivity contribution >= 4 is 11.9 Å². The fourth-order valence-electron chi connectivity index (χ4n) is 1.38. The Bertz CT molecular complexity index is 394. The monoisotopic (exact) mass is 190 g/mol. The molecule has 0 unspecified atom stereocenters. The van der Waals surface area contributed by atoms with Gasteiger partial charge in [0.2, 0.25) is 6.79 Å². The Labute approximate surface area is 81.9 Å². The van der Waals surface area contributed by atoms with Crippen LogP contribution in [-0.2, 0) is 4.79 Å². The number of fused-ring (bicyclic) bond motifs is 1. The van der Waals surface area contributed by atoms with E-state index in [9.17, 15) is 4.79 Å². The summed E-state index contributed by atoms with van der Waals surface area (Å²) >= 11 is 0. The van der Waals surface area contributed by atoms with E-state index in [0.29, 0.717) is 11.3 Å². The van der Waals surface area contributed by atoms with E-state index in [1.807, 2.05) is 25.1 Å². The van der Waals surface area contributed by atoms with E-state index in [0.717, 1.165) is 17.6 Å². The van der Waals surface area contributed by atoms with Crippen LogP contribution in [0.5, 0.6) is 11.5 Å². The second-order valence-electron chi connectivity index (χ2n) is 2.93. The summed E-state index contributed by atoms with van der Waals surface area (Å²) in [5.41, 5.74) is 1.51. The van der Waals surface area contributed by atoms with Crippen LogP contribution in [0.2, 0.25) is 0 Å². The number of rotatable bonds is 2. The molecule has 0 saturated heterocycles. The molecule has 0 aromatic heterocycles. The molecule has 72 valence electrons. The highest BCUT2D eigenvalue weighted by atomic mass is 16.7. The Morgan fingerprint density at radius 3 is 2.86 bits per heavy atom. The molecule has 0 saturated carbocycles. The number of carbonyl (C=O) groups is 1. The van der Waals surface area contributed by atoms with Crippen LogP contribution in [0.3, 0.4) is 0 Å². The Kier molecular flexibility index (Phi) is 2.23. The number of hydrogen-bond acceptors (Lipinski definition) is 3. The van der Waals surface area contributed by atoms with Gasteiger partial charge in [-0.05, 0) is 24.6 Å². The number of hydrogen-bond donors (Lipinski definition) is 0. The zero-order valence-corrected chi connectivity index (χ0v) is 7.82. The third-order valence-electron chi connectivity index (χ3n) is 2.14. The molecule has 1 aliphatic rings. The van der Waals surface area contributed by atoms with Crippen LogP contribution in [0.1, 0.15) is 12.5 Å². The molecule has 1 aromatic rings. The van der Waals surface area contributed by atoms with Crippen LogP contribution in [0, 0.1) is 0 Å². The lowest BCUT2D eigenvalue weighted by molar-refractivity contribution is -0.103. The van der Waals surface area contributed by atoms with Crippen LogP contribution in [0.15, 0.2) is 24.3 Å². The van der Waals surface area contributed by atoms with Crippen LogP contribution >= 0.6 is 0 Å². The number of allylic oxidation sites excluding steroid dienone is 2. The molecule has 0 bridgehead atoms. The third-order valence-corrected chi connectivity index (χ3v) is 2.14. The molecule has 3 heteroatoms. The summed E-state index contributed by atoms with van der Waals surface area (Å²) in [6, 6.07) is 5.47. The van der Waals surface area contributed by atoms with Crippen LogP contribution in [-0.4, -0.2) is 13.1 Å². The summed E-state index contributed by atoms with van der Waals surface area (Å²) in [4.78, 5) is 10.7. The third kappa shape index (κ3) is 1.37. The summed E-state index contributed by atoms with van der Waals surface area (Å²) in [6.45, 7) is 2.08. The fraction of sp³-hybridized carbons (Fsp3) is 0.182. The summed E-state index contributed by atoms with van der Waals surface area (Å²) in [5.74, 6) is 1.43. The molecule has 3 nitrogen and oxygen atoms in total. The first-order valence-electron chi connectivity index (χ1n) is 4.36. The summed E-state index contributed by atoms with van der Waals surface area (Å²) < 4.78 is 10.4. The summed E-state index contributed by atoms with van der Waals surface area (Å²) in [6.07, 6.45) is 2.60. The zero-order valence-electron chi connectivity index (χ0n) is 7.82. The van der Waals surface area contributed by atoms with Gasteiger partial charge in [-0.25, -0.2) is 0 Å². The molecular formula is C11H10O3. The van der Waals surface area contributed by atoms with Gasteiger partial charge in [0.1, 0.15) is 6.29 Å².